The zero-order valence-corrected chi connectivity index (χ0v) is 10.3. The maximum Gasteiger partial charge on any atom is 0.232 e. The Balaban J connectivity index is 1.99. The molecule has 0 saturated heterocycles. The van der Waals surface area contributed by atoms with Crippen molar-refractivity contribution in [3.05, 3.63) is 23.2 Å². The summed E-state index contributed by atoms with van der Waals surface area (Å²) in [5, 5.41) is 7.02. The summed E-state index contributed by atoms with van der Waals surface area (Å²) in [4.78, 5) is 12.3. The van der Waals surface area contributed by atoms with Crippen LogP contribution in [0.5, 0.6) is 0 Å². The van der Waals surface area contributed by atoms with E-state index in [2.05, 4.69) is 10.6 Å². The van der Waals surface area contributed by atoms with Gasteiger partial charge in [0.1, 0.15) is 0 Å². The van der Waals surface area contributed by atoms with Crippen molar-refractivity contribution in [2.24, 2.45) is 5.41 Å². The summed E-state index contributed by atoms with van der Waals surface area (Å²) in [5.74, 6) is 0.142. The van der Waals surface area contributed by atoms with Crippen LogP contribution in [0.1, 0.15) is 25.7 Å². The molecule has 1 aromatic rings. The first-order valence-electron chi connectivity index (χ1n) is 6.05. The average molecular weight is 251 g/mol. The van der Waals surface area contributed by atoms with Gasteiger partial charge in [-0.25, -0.2) is 0 Å². The van der Waals surface area contributed by atoms with Crippen LogP contribution in [0.4, 0.5) is 11.4 Å². The molecule has 17 heavy (non-hydrogen) atoms. The quantitative estimate of drug-likeness (QED) is 0.742. The summed E-state index contributed by atoms with van der Waals surface area (Å²) >= 11 is 6.14. The minimum Gasteiger partial charge on any atom is -0.381 e. The number of amides is 1. The summed E-state index contributed by atoms with van der Waals surface area (Å²) < 4.78 is 0. The first kappa shape index (κ1) is 10.9. The summed E-state index contributed by atoms with van der Waals surface area (Å²) in [6.45, 7) is 0.690. The third-order valence-corrected chi connectivity index (χ3v) is 4.22. The Bertz CT molecular complexity index is 466. The highest BCUT2D eigenvalue weighted by Gasteiger charge is 2.42. The number of hydrogen-bond donors (Lipinski definition) is 2. The van der Waals surface area contributed by atoms with Crippen LogP contribution in [0.3, 0.4) is 0 Å². The van der Waals surface area contributed by atoms with Crippen molar-refractivity contribution in [3.63, 3.8) is 0 Å². The molecule has 3 nitrogen and oxygen atoms in total. The molecule has 0 aromatic heterocycles. The Morgan fingerprint density at radius 1 is 1.24 bits per heavy atom. The lowest BCUT2D eigenvalue weighted by atomic mass is 9.85. The Hall–Kier alpha value is -1.22. The van der Waals surface area contributed by atoms with Crippen LogP contribution >= 0.6 is 11.6 Å². The number of fused-ring (bicyclic) bond motifs is 1. The van der Waals surface area contributed by atoms with Crippen LogP contribution in [-0.4, -0.2) is 12.5 Å². The molecule has 1 spiro atoms. The fourth-order valence-corrected chi connectivity index (χ4v) is 3.10. The van der Waals surface area contributed by atoms with Gasteiger partial charge in [0.25, 0.3) is 0 Å². The normalized spacial score (nSPS) is 21.6. The van der Waals surface area contributed by atoms with Crippen LogP contribution in [0.25, 0.3) is 0 Å². The van der Waals surface area contributed by atoms with Gasteiger partial charge in [0.2, 0.25) is 5.91 Å². The SMILES string of the molecule is O=C1Nc2cccc(Cl)c2NCC12CCCC2. The van der Waals surface area contributed by atoms with Gasteiger partial charge in [-0.1, -0.05) is 30.5 Å². The second-order valence-corrected chi connectivity index (χ2v) is 5.36. The van der Waals surface area contributed by atoms with Gasteiger partial charge in [0.05, 0.1) is 21.8 Å². The number of benzene rings is 1. The van der Waals surface area contributed by atoms with Crippen molar-refractivity contribution in [3.8, 4) is 0 Å². The molecule has 2 N–H and O–H groups in total. The molecule has 4 heteroatoms. The van der Waals surface area contributed by atoms with Crippen LogP contribution in [-0.2, 0) is 4.79 Å². The van der Waals surface area contributed by atoms with Crippen molar-refractivity contribution >= 4 is 28.9 Å². The fourth-order valence-electron chi connectivity index (χ4n) is 2.86. The Kier molecular flexibility index (Phi) is 2.51. The molecule has 1 aliphatic heterocycles. The number of para-hydroxylation sites is 1. The topological polar surface area (TPSA) is 41.1 Å². The minimum absolute atomic E-state index is 0.142. The molecule has 0 unspecified atom stereocenters. The molecule has 0 bridgehead atoms. The van der Waals surface area contributed by atoms with Gasteiger partial charge in [0.15, 0.2) is 0 Å². The second kappa shape index (κ2) is 3.91. The first-order valence-corrected chi connectivity index (χ1v) is 6.43. The highest BCUT2D eigenvalue weighted by molar-refractivity contribution is 6.34. The summed E-state index contributed by atoms with van der Waals surface area (Å²) in [6.07, 6.45) is 4.22. The Morgan fingerprint density at radius 3 is 2.76 bits per heavy atom. The average Bonchev–Trinajstić information content (AvgIpc) is 2.72. The van der Waals surface area contributed by atoms with Crippen LogP contribution in [0.2, 0.25) is 5.02 Å². The van der Waals surface area contributed by atoms with E-state index in [0.29, 0.717) is 11.6 Å². The van der Waals surface area contributed by atoms with E-state index in [1.807, 2.05) is 18.2 Å². The lowest BCUT2D eigenvalue weighted by Gasteiger charge is -2.24. The highest BCUT2D eigenvalue weighted by Crippen LogP contribution is 2.43. The molecule has 0 radical (unpaired) electrons. The zero-order valence-electron chi connectivity index (χ0n) is 9.55. The number of nitrogens with one attached hydrogen (secondary N) is 2. The molecule has 1 saturated carbocycles. The number of hydrogen-bond acceptors (Lipinski definition) is 2. The molecule has 1 aromatic carbocycles. The largest absolute Gasteiger partial charge is 0.381 e. The molecule has 1 heterocycles. The molecule has 3 rings (SSSR count). The molecular formula is C13H15ClN2O. The maximum atomic E-state index is 12.3. The van der Waals surface area contributed by atoms with Gasteiger partial charge in [-0.05, 0) is 25.0 Å². The monoisotopic (exact) mass is 250 g/mol. The predicted molar refractivity (Wildman–Crippen MR) is 69.5 cm³/mol. The maximum absolute atomic E-state index is 12.3. The smallest absolute Gasteiger partial charge is 0.232 e. The number of rotatable bonds is 0. The molecular weight excluding hydrogens is 236 g/mol. The standard InChI is InChI=1S/C13H15ClN2O/c14-9-4-3-5-10-11(9)15-8-13(12(17)16-10)6-1-2-7-13/h3-5,15H,1-2,6-8H2,(H,16,17). The zero-order chi connectivity index (χ0) is 11.9. The van der Waals surface area contributed by atoms with Crippen molar-refractivity contribution in [2.45, 2.75) is 25.7 Å². The summed E-state index contributed by atoms with van der Waals surface area (Å²) in [5.41, 5.74) is 1.42. The van der Waals surface area contributed by atoms with Gasteiger partial charge in [-0.3, -0.25) is 4.79 Å². The van der Waals surface area contributed by atoms with E-state index in [0.717, 1.165) is 37.1 Å². The van der Waals surface area contributed by atoms with E-state index in [9.17, 15) is 4.79 Å². The molecule has 1 aliphatic carbocycles. The third kappa shape index (κ3) is 1.69. The van der Waals surface area contributed by atoms with E-state index in [4.69, 9.17) is 11.6 Å². The predicted octanol–water partition coefficient (Wildman–Crippen LogP) is 3.26. The van der Waals surface area contributed by atoms with Crippen molar-refractivity contribution in [2.75, 3.05) is 17.2 Å². The molecule has 2 aliphatic rings. The van der Waals surface area contributed by atoms with E-state index in [-0.39, 0.29) is 11.3 Å². The van der Waals surface area contributed by atoms with Gasteiger partial charge in [-0.15, -0.1) is 0 Å². The van der Waals surface area contributed by atoms with E-state index >= 15 is 0 Å². The summed E-state index contributed by atoms with van der Waals surface area (Å²) in [7, 11) is 0. The van der Waals surface area contributed by atoms with Gasteiger partial charge in [0, 0.05) is 6.54 Å². The molecule has 1 amide bonds. The Morgan fingerprint density at radius 2 is 2.00 bits per heavy atom. The third-order valence-electron chi connectivity index (χ3n) is 3.91. The number of carbonyl (C=O) groups is 1. The fraction of sp³-hybridized carbons (Fsp3) is 0.462. The first-order chi connectivity index (χ1) is 8.21. The molecule has 0 atom stereocenters. The van der Waals surface area contributed by atoms with Gasteiger partial charge in [-0.2, -0.15) is 0 Å². The van der Waals surface area contributed by atoms with E-state index in [1.54, 1.807) is 0 Å². The summed E-state index contributed by atoms with van der Waals surface area (Å²) in [6, 6.07) is 5.59. The molecule has 1 fully saturated rings. The minimum atomic E-state index is -0.234. The van der Waals surface area contributed by atoms with Crippen LogP contribution < -0.4 is 10.6 Å². The Labute approximate surface area is 106 Å². The lowest BCUT2D eigenvalue weighted by Crippen LogP contribution is -2.37. The second-order valence-electron chi connectivity index (χ2n) is 4.96. The van der Waals surface area contributed by atoms with Crippen LogP contribution in [0, 0.1) is 5.41 Å². The van der Waals surface area contributed by atoms with E-state index < -0.39 is 0 Å². The van der Waals surface area contributed by atoms with E-state index in [1.165, 1.54) is 0 Å². The molecule has 90 valence electrons. The number of halogens is 1. The van der Waals surface area contributed by atoms with Crippen molar-refractivity contribution in [1.29, 1.82) is 0 Å². The van der Waals surface area contributed by atoms with Crippen molar-refractivity contribution < 1.29 is 4.79 Å². The van der Waals surface area contributed by atoms with Crippen molar-refractivity contribution in [1.82, 2.24) is 0 Å². The number of anilines is 2. The van der Waals surface area contributed by atoms with Gasteiger partial charge >= 0.3 is 0 Å². The van der Waals surface area contributed by atoms with Crippen LogP contribution in [0.15, 0.2) is 18.2 Å². The number of carbonyl (C=O) groups excluding carboxylic acids is 1. The lowest BCUT2D eigenvalue weighted by molar-refractivity contribution is -0.124. The van der Waals surface area contributed by atoms with Gasteiger partial charge < -0.3 is 10.6 Å². The highest BCUT2D eigenvalue weighted by atomic mass is 35.5.